The third-order valence-electron chi connectivity index (χ3n) is 11.3. The monoisotopic (exact) mass is 492 g/mol. The van der Waals surface area contributed by atoms with E-state index in [1.54, 1.807) is 11.1 Å². The van der Waals surface area contributed by atoms with Gasteiger partial charge >= 0.3 is 203 Å². The Morgan fingerprint density at radius 3 is 1.55 bits per heavy atom. The van der Waals surface area contributed by atoms with Gasteiger partial charge in [-0.15, -0.1) is 0 Å². The fraction of sp³-hybridized carbons (Fsp3) is 0.733. The van der Waals surface area contributed by atoms with Gasteiger partial charge in [0, 0.05) is 0 Å². The Labute approximate surface area is 202 Å². The predicted octanol–water partition coefficient (Wildman–Crippen LogP) is 8.42. The van der Waals surface area contributed by atoms with Crippen molar-refractivity contribution in [3.8, 4) is 0 Å². The van der Waals surface area contributed by atoms with E-state index >= 15 is 0 Å². The van der Waals surface area contributed by atoms with Gasteiger partial charge in [0.2, 0.25) is 0 Å². The van der Waals surface area contributed by atoms with Crippen LogP contribution in [0.1, 0.15) is 91.9 Å². The average Bonchev–Trinajstić information content (AvgIpc) is 3.38. The van der Waals surface area contributed by atoms with Crippen molar-refractivity contribution in [3.05, 3.63) is 42.0 Å². The van der Waals surface area contributed by atoms with Crippen LogP contribution in [0.3, 0.4) is 0 Å². The summed E-state index contributed by atoms with van der Waals surface area (Å²) in [6.45, 7) is 10.2. The molecule has 0 amide bonds. The Kier molecular flexibility index (Phi) is 5.30. The van der Waals surface area contributed by atoms with Crippen molar-refractivity contribution in [2.75, 3.05) is 0 Å². The van der Waals surface area contributed by atoms with E-state index in [1.165, 1.54) is 64.2 Å². The topological polar surface area (TPSA) is 0 Å². The van der Waals surface area contributed by atoms with Gasteiger partial charge in [0.25, 0.3) is 0 Å². The molecule has 6 fully saturated rings. The van der Waals surface area contributed by atoms with Gasteiger partial charge in [-0.05, 0) is 0 Å². The van der Waals surface area contributed by atoms with Crippen molar-refractivity contribution in [2.24, 2.45) is 46.3 Å². The van der Waals surface area contributed by atoms with Gasteiger partial charge < -0.3 is 0 Å². The van der Waals surface area contributed by atoms with Crippen molar-refractivity contribution in [2.45, 2.75) is 91.9 Å². The van der Waals surface area contributed by atoms with E-state index < -0.39 is 23.2 Å². The predicted molar refractivity (Wildman–Crippen MR) is 127 cm³/mol. The molecule has 8 aliphatic carbocycles. The van der Waals surface area contributed by atoms with Gasteiger partial charge in [0.1, 0.15) is 0 Å². The summed E-state index contributed by atoms with van der Waals surface area (Å²) in [4.78, 5) is 0. The van der Waals surface area contributed by atoms with Gasteiger partial charge in [-0.2, -0.15) is 0 Å². The molecule has 6 saturated carbocycles. The Bertz CT molecular complexity index is 802. The Hall–Kier alpha value is -0.157. The maximum absolute atomic E-state index is 2.56. The molecule has 0 aromatic carbocycles. The molecule has 0 aliphatic heterocycles. The quantitative estimate of drug-likeness (QED) is 0.348. The molecule has 0 N–H and O–H groups in total. The summed E-state index contributed by atoms with van der Waals surface area (Å²) in [5, 5.41) is 0. The minimum atomic E-state index is -0.593. The van der Waals surface area contributed by atoms with E-state index in [2.05, 4.69) is 52.0 Å². The van der Waals surface area contributed by atoms with Crippen molar-refractivity contribution >= 4 is 0 Å². The first kappa shape index (κ1) is 21.4. The molecule has 1 heteroatoms. The molecule has 0 radical (unpaired) electrons. The number of allylic oxidation sites excluding steroid dienone is 8. The van der Waals surface area contributed by atoms with Crippen LogP contribution in [0.5, 0.6) is 0 Å². The summed E-state index contributed by atoms with van der Waals surface area (Å²) in [6.07, 6.45) is 24.6. The Morgan fingerprint density at radius 1 is 0.710 bits per heavy atom. The molecule has 0 spiro atoms. The van der Waals surface area contributed by atoms with Crippen molar-refractivity contribution < 1.29 is 23.2 Å². The number of hydrogen-bond acceptors (Lipinski definition) is 0. The van der Waals surface area contributed by atoms with Gasteiger partial charge in [-0.25, -0.2) is 0 Å². The van der Waals surface area contributed by atoms with Gasteiger partial charge in [0.15, 0.2) is 0 Å². The van der Waals surface area contributed by atoms with E-state index in [0.717, 1.165) is 35.5 Å². The molecular weight excluding hydrogens is 452 g/mol. The molecule has 2 unspecified atom stereocenters. The molecule has 6 atom stereocenters. The van der Waals surface area contributed by atoms with E-state index in [9.17, 15) is 0 Å². The van der Waals surface area contributed by atoms with Crippen molar-refractivity contribution in [1.29, 1.82) is 0 Å². The first-order chi connectivity index (χ1) is 14.8. The van der Waals surface area contributed by atoms with Gasteiger partial charge in [-0.3, -0.25) is 0 Å². The molecule has 0 nitrogen and oxygen atoms in total. The van der Waals surface area contributed by atoms with E-state index in [0.29, 0.717) is 10.8 Å². The van der Waals surface area contributed by atoms with Crippen LogP contribution >= 0.6 is 0 Å². The van der Waals surface area contributed by atoms with Crippen LogP contribution < -0.4 is 0 Å². The first-order valence-corrected chi connectivity index (χ1v) is 15.8. The standard InChI is InChI=1S/2C15H21.Zr/c2*1-15(2)13-8-7-12(14(15)10-13)9-11-5-3-4-6-11;/h2*3,5,12-14H,4,7-10H2,1-2H3;/t2*12?,13-,14-;/m00./s1. The second-order valence-electron chi connectivity index (χ2n) is 13.1. The molecule has 0 heterocycles. The van der Waals surface area contributed by atoms with E-state index in [-0.39, 0.29) is 0 Å². The molecule has 31 heavy (non-hydrogen) atoms. The van der Waals surface area contributed by atoms with Gasteiger partial charge in [-0.1, -0.05) is 0 Å². The number of hydrogen-bond donors (Lipinski definition) is 0. The summed E-state index contributed by atoms with van der Waals surface area (Å²) in [7, 11) is 0. The van der Waals surface area contributed by atoms with E-state index in [4.69, 9.17) is 0 Å². The maximum atomic E-state index is 2.56. The molecule has 8 aliphatic rings. The first-order valence-electron chi connectivity index (χ1n) is 13.4. The van der Waals surface area contributed by atoms with Crippen molar-refractivity contribution in [1.82, 2.24) is 0 Å². The summed E-state index contributed by atoms with van der Waals surface area (Å²) in [6, 6.07) is 0. The third-order valence-corrected chi connectivity index (χ3v) is 15.4. The molecule has 0 saturated heterocycles. The normalized spacial score (nSPS) is 41.4. The van der Waals surface area contributed by atoms with Crippen molar-refractivity contribution in [3.63, 3.8) is 0 Å². The SMILES string of the molecule is CC1(C)[C@H]2CCC(CC3=[C]([Zr][C]4=C(CC5CC[C@H]6C[C@@H]5C6(C)C)C=CC4)CC=C3)[C@@H]1C2. The zero-order valence-electron chi connectivity index (χ0n) is 20.3. The molecule has 8 rings (SSSR count). The number of fused-ring (bicyclic) bond motifs is 4. The summed E-state index contributed by atoms with van der Waals surface area (Å²) in [5.41, 5.74) is 4.87. The van der Waals surface area contributed by atoms with Crippen LogP contribution in [0.25, 0.3) is 0 Å². The zero-order chi connectivity index (χ0) is 21.4. The van der Waals surface area contributed by atoms with Crippen LogP contribution in [0.4, 0.5) is 0 Å². The number of rotatable bonds is 6. The summed E-state index contributed by atoms with van der Waals surface area (Å²) >= 11 is -0.593. The van der Waals surface area contributed by atoms with Gasteiger partial charge in [0.05, 0.1) is 0 Å². The zero-order valence-corrected chi connectivity index (χ0v) is 22.8. The molecular formula is C30H42Zr. The van der Waals surface area contributed by atoms with Crippen LogP contribution in [0.15, 0.2) is 42.0 Å². The second kappa shape index (κ2) is 7.68. The van der Waals surface area contributed by atoms with E-state index in [1.807, 2.05) is 6.56 Å². The van der Waals surface area contributed by atoms with Crippen LogP contribution in [-0.4, -0.2) is 0 Å². The fourth-order valence-electron chi connectivity index (χ4n) is 8.91. The third kappa shape index (κ3) is 3.45. The molecule has 0 aromatic rings. The minimum absolute atomic E-state index is 0.593. The van der Waals surface area contributed by atoms with Crippen LogP contribution in [-0.2, 0) is 23.2 Å². The van der Waals surface area contributed by atoms with Crippen LogP contribution in [0, 0.1) is 46.3 Å². The second-order valence-corrected chi connectivity index (χ2v) is 16.7. The Balaban J connectivity index is 1.15. The Morgan fingerprint density at radius 2 is 1.16 bits per heavy atom. The summed E-state index contributed by atoms with van der Waals surface area (Å²) in [5.74, 6) is 6.01. The average molecular weight is 494 g/mol. The molecule has 166 valence electrons. The fourth-order valence-corrected chi connectivity index (χ4v) is 12.6. The molecule has 4 bridgehead atoms. The van der Waals surface area contributed by atoms with Crippen LogP contribution in [0.2, 0.25) is 0 Å². The molecule has 0 aromatic heterocycles. The summed E-state index contributed by atoms with van der Waals surface area (Å²) < 4.78 is 3.87.